The number of rotatable bonds is 7. The van der Waals surface area contributed by atoms with Gasteiger partial charge < -0.3 is 9.52 Å². The molecule has 0 radical (unpaired) electrons. The second-order valence-electron chi connectivity index (χ2n) is 3.71. The van der Waals surface area contributed by atoms with Crippen LogP contribution < -0.4 is 0 Å². The molecule has 0 fully saturated rings. The zero-order valence-corrected chi connectivity index (χ0v) is 9.85. The van der Waals surface area contributed by atoms with Crippen molar-refractivity contribution >= 4 is 5.97 Å². The summed E-state index contributed by atoms with van der Waals surface area (Å²) in [5.74, 6) is 0.155. The van der Waals surface area contributed by atoms with E-state index < -0.39 is 5.97 Å². The highest BCUT2D eigenvalue weighted by Crippen LogP contribution is 2.24. The molecule has 0 saturated heterocycles. The summed E-state index contributed by atoms with van der Waals surface area (Å²) >= 11 is 0. The van der Waals surface area contributed by atoms with E-state index in [1.807, 2.05) is 19.1 Å². The average Bonchev–Trinajstić information content (AvgIpc) is 2.77. The summed E-state index contributed by atoms with van der Waals surface area (Å²) in [7, 11) is 0. The molecule has 90 valence electrons. The predicted octanol–water partition coefficient (Wildman–Crippen LogP) is 2.53. The lowest BCUT2D eigenvalue weighted by Crippen LogP contribution is -2.30. The summed E-state index contributed by atoms with van der Waals surface area (Å²) < 4.78 is 5.39. The van der Waals surface area contributed by atoms with E-state index in [2.05, 4.69) is 11.8 Å². The van der Waals surface area contributed by atoms with Crippen molar-refractivity contribution in [2.24, 2.45) is 0 Å². The van der Waals surface area contributed by atoms with E-state index in [1.165, 1.54) is 0 Å². The summed E-state index contributed by atoms with van der Waals surface area (Å²) in [5, 5.41) is 8.69. The molecule has 0 saturated carbocycles. The Morgan fingerprint density at radius 1 is 1.56 bits per heavy atom. The van der Waals surface area contributed by atoms with Gasteiger partial charge in [0, 0.05) is 6.54 Å². The number of carboxylic acid groups (broad SMARTS) is 1. The van der Waals surface area contributed by atoms with Gasteiger partial charge in [-0.15, -0.1) is 0 Å². The van der Waals surface area contributed by atoms with Crippen LogP contribution in [0.5, 0.6) is 0 Å². The van der Waals surface area contributed by atoms with Crippen LogP contribution in [-0.2, 0) is 4.79 Å². The number of aliphatic carboxylic acids is 1. The van der Waals surface area contributed by atoms with Crippen molar-refractivity contribution < 1.29 is 14.3 Å². The molecule has 1 unspecified atom stereocenters. The van der Waals surface area contributed by atoms with Gasteiger partial charge in [-0.05, 0) is 25.1 Å². The predicted molar refractivity (Wildman–Crippen MR) is 61.2 cm³/mol. The first-order valence-electron chi connectivity index (χ1n) is 5.68. The monoisotopic (exact) mass is 225 g/mol. The van der Waals surface area contributed by atoms with Crippen molar-refractivity contribution in [3.63, 3.8) is 0 Å². The standard InChI is InChI=1S/C12H19NO3/c1-3-10(11-6-5-9-16-11)13(4-2)8-7-12(14)15/h5-6,9-10H,3-4,7-8H2,1-2H3,(H,14,15). The minimum Gasteiger partial charge on any atom is -0.481 e. The molecule has 1 atom stereocenters. The van der Waals surface area contributed by atoms with Gasteiger partial charge in [-0.2, -0.15) is 0 Å². The van der Waals surface area contributed by atoms with Crippen molar-refractivity contribution in [3.05, 3.63) is 24.2 Å². The molecule has 0 aliphatic rings. The quantitative estimate of drug-likeness (QED) is 0.774. The Morgan fingerprint density at radius 2 is 2.31 bits per heavy atom. The summed E-state index contributed by atoms with van der Waals surface area (Å²) in [4.78, 5) is 12.7. The molecular formula is C12H19NO3. The number of hydrogen-bond donors (Lipinski definition) is 1. The van der Waals surface area contributed by atoms with E-state index >= 15 is 0 Å². The Labute approximate surface area is 95.9 Å². The highest BCUT2D eigenvalue weighted by atomic mass is 16.4. The van der Waals surface area contributed by atoms with Gasteiger partial charge >= 0.3 is 5.97 Å². The van der Waals surface area contributed by atoms with Crippen molar-refractivity contribution in [2.45, 2.75) is 32.7 Å². The Bertz CT molecular complexity index is 308. The number of hydrogen-bond acceptors (Lipinski definition) is 3. The summed E-state index contributed by atoms with van der Waals surface area (Å²) in [6.45, 7) is 5.50. The van der Waals surface area contributed by atoms with Crippen LogP contribution in [0.3, 0.4) is 0 Å². The van der Waals surface area contributed by atoms with Gasteiger partial charge in [0.2, 0.25) is 0 Å². The second-order valence-corrected chi connectivity index (χ2v) is 3.71. The van der Waals surface area contributed by atoms with Crippen LogP contribution in [0.2, 0.25) is 0 Å². The molecular weight excluding hydrogens is 206 g/mol. The van der Waals surface area contributed by atoms with Gasteiger partial charge in [0.05, 0.1) is 18.7 Å². The second kappa shape index (κ2) is 6.33. The van der Waals surface area contributed by atoms with Crippen molar-refractivity contribution in [2.75, 3.05) is 13.1 Å². The van der Waals surface area contributed by atoms with Crippen molar-refractivity contribution in [1.29, 1.82) is 0 Å². The van der Waals surface area contributed by atoms with E-state index in [-0.39, 0.29) is 12.5 Å². The molecule has 16 heavy (non-hydrogen) atoms. The first-order valence-corrected chi connectivity index (χ1v) is 5.68. The molecule has 1 rings (SSSR count). The number of carboxylic acids is 1. The molecule has 1 aromatic rings. The van der Waals surface area contributed by atoms with Gasteiger partial charge in [0.25, 0.3) is 0 Å². The molecule has 0 aliphatic heterocycles. The van der Waals surface area contributed by atoms with Crippen LogP contribution in [0.1, 0.15) is 38.5 Å². The molecule has 0 aliphatic carbocycles. The molecule has 0 aromatic carbocycles. The lowest BCUT2D eigenvalue weighted by atomic mass is 10.1. The topological polar surface area (TPSA) is 53.7 Å². The van der Waals surface area contributed by atoms with Crippen LogP contribution in [0.15, 0.2) is 22.8 Å². The Morgan fingerprint density at radius 3 is 2.75 bits per heavy atom. The molecule has 0 amide bonds. The fourth-order valence-corrected chi connectivity index (χ4v) is 1.89. The number of furan rings is 1. The van der Waals surface area contributed by atoms with Gasteiger partial charge in [0.15, 0.2) is 0 Å². The first kappa shape index (κ1) is 12.8. The minimum atomic E-state index is -0.757. The van der Waals surface area contributed by atoms with Gasteiger partial charge in [0.1, 0.15) is 5.76 Å². The van der Waals surface area contributed by atoms with Gasteiger partial charge in [-0.1, -0.05) is 13.8 Å². The fourth-order valence-electron chi connectivity index (χ4n) is 1.89. The van der Waals surface area contributed by atoms with E-state index in [1.54, 1.807) is 6.26 Å². The highest BCUT2D eigenvalue weighted by molar-refractivity contribution is 5.66. The fraction of sp³-hybridized carbons (Fsp3) is 0.583. The third-order valence-corrected chi connectivity index (χ3v) is 2.72. The Balaban J connectivity index is 2.65. The highest BCUT2D eigenvalue weighted by Gasteiger charge is 2.19. The third-order valence-electron chi connectivity index (χ3n) is 2.72. The van der Waals surface area contributed by atoms with Crippen LogP contribution in [0.25, 0.3) is 0 Å². The van der Waals surface area contributed by atoms with Crippen molar-refractivity contribution in [3.8, 4) is 0 Å². The molecule has 1 aromatic heterocycles. The van der Waals surface area contributed by atoms with Crippen LogP contribution in [-0.4, -0.2) is 29.1 Å². The lowest BCUT2D eigenvalue weighted by molar-refractivity contribution is -0.137. The molecule has 4 nitrogen and oxygen atoms in total. The molecule has 4 heteroatoms. The van der Waals surface area contributed by atoms with Crippen LogP contribution >= 0.6 is 0 Å². The van der Waals surface area contributed by atoms with E-state index in [9.17, 15) is 4.79 Å². The molecule has 1 heterocycles. The van der Waals surface area contributed by atoms with E-state index in [0.717, 1.165) is 18.7 Å². The normalized spacial score (nSPS) is 12.9. The average molecular weight is 225 g/mol. The third kappa shape index (κ3) is 3.38. The summed E-state index contributed by atoms with van der Waals surface area (Å²) in [6, 6.07) is 3.99. The van der Waals surface area contributed by atoms with Gasteiger partial charge in [-0.3, -0.25) is 9.69 Å². The lowest BCUT2D eigenvalue weighted by Gasteiger charge is -2.27. The SMILES string of the molecule is CCC(c1ccco1)N(CC)CCC(=O)O. The summed E-state index contributed by atoms with van der Waals surface area (Å²) in [5.41, 5.74) is 0. The maximum absolute atomic E-state index is 10.6. The zero-order valence-electron chi connectivity index (χ0n) is 9.85. The van der Waals surface area contributed by atoms with Crippen LogP contribution in [0.4, 0.5) is 0 Å². The van der Waals surface area contributed by atoms with Crippen LogP contribution in [0, 0.1) is 0 Å². The largest absolute Gasteiger partial charge is 0.481 e. The zero-order chi connectivity index (χ0) is 12.0. The van der Waals surface area contributed by atoms with E-state index in [4.69, 9.17) is 9.52 Å². The van der Waals surface area contributed by atoms with Crippen molar-refractivity contribution in [1.82, 2.24) is 4.90 Å². The molecule has 1 N–H and O–H groups in total. The maximum Gasteiger partial charge on any atom is 0.304 e. The molecule has 0 bridgehead atoms. The Hall–Kier alpha value is -1.29. The van der Waals surface area contributed by atoms with Gasteiger partial charge in [-0.25, -0.2) is 0 Å². The first-order chi connectivity index (χ1) is 7.69. The maximum atomic E-state index is 10.6. The number of carbonyl (C=O) groups is 1. The summed E-state index contributed by atoms with van der Waals surface area (Å²) in [6.07, 6.45) is 2.75. The molecule has 0 spiro atoms. The minimum absolute atomic E-state index is 0.172. The van der Waals surface area contributed by atoms with E-state index in [0.29, 0.717) is 6.54 Å². The smallest absolute Gasteiger partial charge is 0.304 e. The Kier molecular flexibility index (Phi) is 5.05. The number of nitrogens with zero attached hydrogens (tertiary/aromatic N) is 1.